The van der Waals surface area contributed by atoms with Gasteiger partial charge in [-0.05, 0) is 24.3 Å². The van der Waals surface area contributed by atoms with Gasteiger partial charge in [-0.1, -0.05) is 29.8 Å². The Labute approximate surface area is 138 Å². The zero-order valence-electron chi connectivity index (χ0n) is 12.5. The molecule has 0 aromatic heterocycles. The molecule has 1 amide bonds. The molecule has 1 aliphatic rings. The van der Waals surface area contributed by atoms with Crippen LogP contribution in [0.2, 0.25) is 5.02 Å². The number of benzene rings is 2. The van der Waals surface area contributed by atoms with Crippen molar-refractivity contribution in [1.82, 2.24) is 4.90 Å². The molecule has 23 heavy (non-hydrogen) atoms. The van der Waals surface area contributed by atoms with Gasteiger partial charge in [0.1, 0.15) is 12.4 Å². The van der Waals surface area contributed by atoms with Crippen LogP contribution in [-0.2, 0) is 11.3 Å². The van der Waals surface area contributed by atoms with Crippen LogP contribution in [0, 0.1) is 5.82 Å². The molecule has 0 saturated carbocycles. The van der Waals surface area contributed by atoms with E-state index in [0.717, 1.165) is 0 Å². The summed E-state index contributed by atoms with van der Waals surface area (Å²) in [4.78, 5) is 13.9. The van der Waals surface area contributed by atoms with Gasteiger partial charge in [0.15, 0.2) is 11.5 Å². The van der Waals surface area contributed by atoms with Gasteiger partial charge in [-0.25, -0.2) is 4.39 Å². The van der Waals surface area contributed by atoms with Gasteiger partial charge in [0.05, 0.1) is 0 Å². The first-order chi connectivity index (χ1) is 11.1. The Morgan fingerprint density at radius 3 is 2.74 bits per heavy atom. The molecule has 0 aliphatic carbocycles. The maximum absolute atomic E-state index is 13.8. The molecule has 1 atom stereocenters. The lowest BCUT2D eigenvalue weighted by Gasteiger charge is -2.29. The molecular formula is C17H15ClFNO3. The van der Waals surface area contributed by atoms with Crippen molar-refractivity contribution in [2.45, 2.75) is 12.6 Å². The number of rotatable bonds is 3. The lowest BCUT2D eigenvalue weighted by atomic mass is 10.2. The van der Waals surface area contributed by atoms with Crippen molar-refractivity contribution in [3.05, 3.63) is 58.9 Å². The highest BCUT2D eigenvalue weighted by Crippen LogP contribution is 2.31. The number of carbonyl (C=O) groups is 1. The fourth-order valence-corrected chi connectivity index (χ4v) is 2.61. The minimum Gasteiger partial charge on any atom is -0.485 e. The van der Waals surface area contributed by atoms with Crippen LogP contribution in [0.15, 0.2) is 42.5 Å². The number of fused-ring (bicyclic) bond motifs is 1. The van der Waals surface area contributed by atoms with Crippen molar-refractivity contribution in [2.75, 3.05) is 13.7 Å². The number of hydrogen-bond donors (Lipinski definition) is 0. The van der Waals surface area contributed by atoms with Gasteiger partial charge in [0.2, 0.25) is 6.10 Å². The zero-order chi connectivity index (χ0) is 16.4. The molecule has 0 radical (unpaired) electrons. The first kappa shape index (κ1) is 15.6. The molecule has 0 saturated heterocycles. The SMILES string of the molecule is CN(Cc1c(F)cccc1Cl)C(=O)[C@H]1COc2ccccc2O1. The molecule has 3 rings (SSSR count). The van der Waals surface area contributed by atoms with Crippen LogP contribution >= 0.6 is 11.6 Å². The summed E-state index contributed by atoms with van der Waals surface area (Å²) in [7, 11) is 1.58. The van der Waals surface area contributed by atoms with E-state index in [0.29, 0.717) is 11.5 Å². The first-order valence-electron chi connectivity index (χ1n) is 7.12. The lowest BCUT2D eigenvalue weighted by Crippen LogP contribution is -2.44. The number of para-hydroxylation sites is 2. The summed E-state index contributed by atoms with van der Waals surface area (Å²) in [5, 5.41) is 0.288. The molecule has 120 valence electrons. The standard InChI is InChI=1S/C17H15ClFNO3/c1-20(9-11-12(18)5-4-6-13(11)19)17(21)16-10-22-14-7-2-3-8-15(14)23-16/h2-8,16H,9-10H2,1H3/t16-/m1/s1. The van der Waals surface area contributed by atoms with Crippen LogP contribution in [0.25, 0.3) is 0 Å². The van der Waals surface area contributed by atoms with Crippen molar-refractivity contribution >= 4 is 17.5 Å². The maximum Gasteiger partial charge on any atom is 0.267 e. The Balaban J connectivity index is 1.71. The highest BCUT2D eigenvalue weighted by atomic mass is 35.5. The van der Waals surface area contributed by atoms with Gasteiger partial charge >= 0.3 is 0 Å². The fourth-order valence-electron chi connectivity index (χ4n) is 2.39. The van der Waals surface area contributed by atoms with E-state index in [1.54, 1.807) is 31.3 Å². The molecule has 0 bridgehead atoms. The minimum atomic E-state index is -0.763. The van der Waals surface area contributed by atoms with Crippen LogP contribution in [0.4, 0.5) is 4.39 Å². The quantitative estimate of drug-likeness (QED) is 0.864. The van der Waals surface area contributed by atoms with E-state index in [1.165, 1.54) is 17.0 Å². The molecule has 0 unspecified atom stereocenters. The van der Waals surface area contributed by atoms with E-state index in [-0.39, 0.29) is 29.6 Å². The highest BCUT2D eigenvalue weighted by Gasteiger charge is 2.30. The Morgan fingerprint density at radius 2 is 2.00 bits per heavy atom. The number of carbonyl (C=O) groups excluding carboxylic acids is 1. The normalized spacial score (nSPS) is 16.0. The van der Waals surface area contributed by atoms with E-state index >= 15 is 0 Å². The number of amides is 1. The maximum atomic E-state index is 13.8. The predicted octanol–water partition coefficient (Wildman–Crippen LogP) is 3.28. The second kappa shape index (κ2) is 6.46. The lowest BCUT2D eigenvalue weighted by molar-refractivity contribution is -0.140. The molecule has 0 fully saturated rings. The number of nitrogens with zero attached hydrogens (tertiary/aromatic N) is 1. The largest absolute Gasteiger partial charge is 0.485 e. The van der Waals surface area contributed by atoms with E-state index in [1.807, 2.05) is 6.07 Å². The Bertz CT molecular complexity index is 717. The van der Waals surface area contributed by atoms with Crippen LogP contribution < -0.4 is 9.47 Å². The third kappa shape index (κ3) is 3.24. The van der Waals surface area contributed by atoms with Gasteiger partial charge in [-0.2, -0.15) is 0 Å². The molecule has 2 aromatic carbocycles. The van der Waals surface area contributed by atoms with Crippen molar-refractivity contribution in [3.8, 4) is 11.5 Å². The van der Waals surface area contributed by atoms with E-state index in [4.69, 9.17) is 21.1 Å². The van der Waals surface area contributed by atoms with Crippen LogP contribution in [0.3, 0.4) is 0 Å². The third-order valence-corrected chi connectivity index (χ3v) is 3.97. The second-order valence-corrected chi connectivity index (χ2v) is 5.67. The fraction of sp³-hybridized carbons (Fsp3) is 0.235. The molecule has 1 heterocycles. The van der Waals surface area contributed by atoms with Gasteiger partial charge in [-0.15, -0.1) is 0 Å². The van der Waals surface area contributed by atoms with Gasteiger partial charge < -0.3 is 14.4 Å². The minimum absolute atomic E-state index is 0.0614. The van der Waals surface area contributed by atoms with E-state index in [2.05, 4.69) is 0 Å². The average molecular weight is 336 g/mol. The molecule has 1 aliphatic heterocycles. The van der Waals surface area contributed by atoms with Crippen LogP contribution in [0.1, 0.15) is 5.56 Å². The summed E-state index contributed by atoms with van der Waals surface area (Å²) in [6.45, 7) is 0.178. The van der Waals surface area contributed by atoms with Crippen molar-refractivity contribution in [2.24, 2.45) is 0 Å². The zero-order valence-corrected chi connectivity index (χ0v) is 13.2. The number of hydrogen-bond acceptors (Lipinski definition) is 3. The highest BCUT2D eigenvalue weighted by molar-refractivity contribution is 6.31. The number of ether oxygens (including phenoxy) is 2. The summed E-state index contributed by atoms with van der Waals surface area (Å²) in [6.07, 6.45) is -0.763. The molecular weight excluding hydrogens is 321 g/mol. The monoisotopic (exact) mass is 335 g/mol. The molecule has 0 spiro atoms. The summed E-state index contributed by atoms with van der Waals surface area (Å²) >= 11 is 6.00. The van der Waals surface area contributed by atoms with Crippen molar-refractivity contribution in [1.29, 1.82) is 0 Å². The Kier molecular flexibility index (Phi) is 4.39. The van der Waals surface area contributed by atoms with Crippen molar-refractivity contribution in [3.63, 3.8) is 0 Å². The Hall–Kier alpha value is -2.27. The predicted molar refractivity (Wildman–Crippen MR) is 84.2 cm³/mol. The third-order valence-electron chi connectivity index (χ3n) is 3.62. The first-order valence-corrected chi connectivity index (χ1v) is 7.50. The summed E-state index contributed by atoms with van der Waals surface area (Å²) in [5.41, 5.74) is 0.280. The Morgan fingerprint density at radius 1 is 1.26 bits per heavy atom. The number of likely N-dealkylation sites (N-methyl/N-ethyl adjacent to an activating group) is 1. The molecule has 4 nitrogen and oxygen atoms in total. The van der Waals surface area contributed by atoms with Gasteiger partial charge in [0.25, 0.3) is 5.91 Å². The topological polar surface area (TPSA) is 38.8 Å². The van der Waals surface area contributed by atoms with Crippen LogP contribution in [-0.4, -0.2) is 30.6 Å². The molecule has 2 aromatic rings. The average Bonchev–Trinajstić information content (AvgIpc) is 2.57. The summed E-state index contributed by atoms with van der Waals surface area (Å²) < 4.78 is 25.0. The molecule has 6 heteroatoms. The van der Waals surface area contributed by atoms with E-state index in [9.17, 15) is 9.18 Å². The second-order valence-electron chi connectivity index (χ2n) is 5.26. The summed E-state index contributed by atoms with van der Waals surface area (Å²) in [6, 6.07) is 11.6. The van der Waals surface area contributed by atoms with Crippen LogP contribution in [0.5, 0.6) is 11.5 Å². The van der Waals surface area contributed by atoms with E-state index < -0.39 is 11.9 Å². The van der Waals surface area contributed by atoms with Gasteiger partial charge in [-0.3, -0.25) is 4.79 Å². The smallest absolute Gasteiger partial charge is 0.267 e. The molecule has 0 N–H and O–H groups in total. The van der Waals surface area contributed by atoms with Crippen molar-refractivity contribution < 1.29 is 18.7 Å². The number of halogens is 2. The van der Waals surface area contributed by atoms with Gasteiger partial charge in [0, 0.05) is 24.2 Å². The summed E-state index contributed by atoms with van der Waals surface area (Å²) in [5.74, 6) is 0.396.